The number of rotatable bonds is 7. The number of Topliss-reactive ketones (excluding diaryl/α,β-unsaturated/α-hetero) is 1. The van der Waals surface area contributed by atoms with Gasteiger partial charge in [0.1, 0.15) is 5.75 Å². The van der Waals surface area contributed by atoms with Gasteiger partial charge in [-0.15, -0.1) is 0 Å². The van der Waals surface area contributed by atoms with Crippen molar-refractivity contribution >= 4 is 17.4 Å². The Labute approximate surface area is 162 Å². The molecular formula is C21H18N4O3. The Balaban J connectivity index is 1.69. The van der Waals surface area contributed by atoms with Crippen molar-refractivity contribution < 1.29 is 14.3 Å². The fraction of sp³-hybridized carbons (Fsp3) is 0.143. The van der Waals surface area contributed by atoms with Gasteiger partial charge in [-0.25, -0.2) is 0 Å². The molecule has 1 unspecified atom stereocenters. The van der Waals surface area contributed by atoms with E-state index in [2.05, 4.69) is 10.4 Å². The quantitative estimate of drug-likeness (QED) is 0.507. The standard InChI is InChI=1S/C21H18N4O3/c1-28-18-9-7-17(8-10-18)24-21(27)19(11-22)20(26)16-12-23-25(14-16)13-15-5-3-2-4-6-15/h2-10,12,14,19H,13H2,1H3,(H,24,27). The summed E-state index contributed by atoms with van der Waals surface area (Å²) < 4.78 is 6.65. The van der Waals surface area contributed by atoms with Gasteiger partial charge in [-0.1, -0.05) is 30.3 Å². The van der Waals surface area contributed by atoms with Crippen LogP contribution in [-0.2, 0) is 11.3 Å². The molecule has 0 aliphatic carbocycles. The number of nitriles is 1. The zero-order valence-corrected chi connectivity index (χ0v) is 15.2. The van der Waals surface area contributed by atoms with E-state index in [1.807, 2.05) is 30.3 Å². The lowest BCUT2D eigenvalue weighted by molar-refractivity contribution is -0.117. The molecular weight excluding hydrogens is 356 g/mol. The average Bonchev–Trinajstić information content (AvgIpc) is 3.18. The number of carbonyl (C=O) groups is 2. The van der Waals surface area contributed by atoms with Crippen LogP contribution in [0.4, 0.5) is 5.69 Å². The van der Waals surface area contributed by atoms with Crippen LogP contribution in [0.2, 0.25) is 0 Å². The number of hydrogen-bond acceptors (Lipinski definition) is 5. The number of amides is 1. The van der Waals surface area contributed by atoms with Crippen molar-refractivity contribution in [3.8, 4) is 11.8 Å². The van der Waals surface area contributed by atoms with Crippen molar-refractivity contribution in [2.24, 2.45) is 5.92 Å². The van der Waals surface area contributed by atoms with Gasteiger partial charge >= 0.3 is 0 Å². The van der Waals surface area contributed by atoms with Crippen LogP contribution in [0.15, 0.2) is 67.0 Å². The topological polar surface area (TPSA) is 97.0 Å². The molecule has 1 atom stereocenters. The third-order valence-corrected chi connectivity index (χ3v) is 4.12. The molecule has 0 radical (unpaired) electrons. The Morgan fingerprint density at radius 3 is 2.54 bits per heavy atom. The number of ether oxygens (including phenoxy) is 1. The molecule has 1 heterocycles. The Hall–Kier alpha value is -3.92. The van der Waals surface area contributed by atoms with Gasteiger partial charge < -0.3 is 10.1 Å². The second-order valence-corrected chi connectivity index (χ2v) is 6.06. The lowest BCUT2D eigenvalue weighted by Crippen LogP contribution is -2.28. The number of ketones is 1. The predicted octanol–water partition coefficient (Wildman–Crippen LogP) is 2.90. The van der Waals surface area contributed by atoms with Crippen molar-refractivity contribution in [1.29, 1.82) is 5.26 Å². The molecule has 0 saturated carbocycles. The minimum Gasteiger partial charge on any atom is -0.497 e. The monoisotopic (exact) mass is 374 g/mol. The van der Waals surface area contributed by atoms with E-state index in [-0.39, 0.29) is 5.56 Å². The number of anilines is 1. The Morgan fingerprint density at radius 1 is 1.18 bits per heavy atom. The summed E-state index contributed by atoms with van der Waals surface area (Å²) in [5.41, 5.74) is 1.71. The summed E-state index contributed by atoms with van der Waals surface area (Å²) in [6.45, 7) is 0.489. The van der Waals surface area contributed by atoms with E-state index in [4.69, 9.17) is 4.74 Å². The summed E-state index contributed by atoms with van der Waals surface area (Å²) in [5, 5.41) is 16.1. The van der Waals surface area contributed by atoms with E-state index in [1.165, 1.54) is 13.3 Å². The highest BCUT2D eigenvalue weighted by Crippen LogP contribution is 2.17. The SMILES string of the molecule is COc1ccc(NC(=O)C(C#N)C(=O)c2cnn(Cc3ccccc3)c2)cc1. The number of carbonyl (C=O) groups excluding carboxylic acids is 2. The normalized spacial score (nSPS) is 11.3. The Bertz CT molecular complexity index is 1000. The fourth-order valence-electron chi connectivity index (χ4n) is 2.64. The van der Waals surface area contributed by atoms with E-state index in [1.54, 1.807) is 41.2 Å². The predicted molar refractivity (Wildman–Crippen MR) is 103 cm³/mol. The molecule has 7 nitrogen and oxygen atoms in total. The molecule has 0 spiro atoms. The first-order chi connectivity index (χ1) is 13.6. The van der Waals surface area contributed by atoms with Gasteiger partial charge in [0.15, 0.2) is 11.7 Å². The minimum absolute atomic E-state index is 0.215. The van der Waals surface area contributed by atoms with Gasteiger partial charge in [0.25, 0.3) is 0 Å². The van der Waals surface area contributed by atoms with Crippen LogP contribution < -0.4 is 10.1 Å². The van der Waals surface area contributed by atoms with E-state index in [9.17, 15) is 14.9 Å². The second-order valence-electron chi connectivity index (χ2n) is 6.06. The number of nitrogens with one attached hydrogen (secondary N) is 1. The number of aromatic nitrogens is 2. The third kappa shape index (κ3) is 4.43. The molecule has 1 aromatic heterocycles. The maximum absolute atomic E-state index is 12.6. The van der Waals surface area contributed by atoms with Crippen LogP contribution in [0.5, 0.6) is 5.75 Å². The van der Waals surface area contributed by atoms with E-state index in [0.717, 1.165) is 5.56 Å². The maximum Gasteiger partial charge on any atom is 0.249 e. The molecule has 0 bridgehead atoms. The van der Waals surface area contributed by atoms with E-state index < -0.39 is 17.6 Å². The summed E-state index contributed by atoms with van der Waals surface area (Å²) in [7, 11) is 1.54. The van der Waals surface area contributed by atoms with Gasteiger partial charge in [-0.2, -0.15) is 10.4 Å². The largest absolute Gasteiger partial charge is 0.497 e. The highest BCUT2D eigenvalue weighted by molar-refractivity contribution is 6.15. The van der Waals surface area contributed by atoms with Crippen molar-refractivity contribution in [2.45, 2.75) is 6.54 Å². The van der Waals surface area contributed by atoms with Crippen molar-refractivity contribution in [2.75, 3.05) is 12.4 Å². The number of benzene rings is 2. The first-order valence-electron chi connectivity index (χ1n) is 8.56. The number of hydrogen-bond donors (Lipinski definition) is 1. The van der Waals surface area contributed by atoms with Gasteiger partial charge in [0.05, 0.1) is 31.5 Å². The smallest absolute Gasteiger partial charge is 0.249 e. The van der Waals surface area contributed by atoms with E-state index in [0.29, 0.717) is 18.0 Å². The first-order valence-corrected chi connectivity index (χ1v) is 8.56. The third-order valence-electron chi connectivity index (χ3n) is 4.12. The van der Waals surface area contributed by atoms with Gasteiger partial charge in [0.2, 0.25) is 5.91 Å². The molecule has 0 aliphatic rings. The maximum atomic E-state index is 12.6. The molecule has 0 fully saturated rings. The van der Waals surface area contributed by atoms with Crippen molar-refractivity contribution in [1.82, 2.24) is 9.78 Å². The molecule has 3 aromatic rings. The molecule has 3 rings (SSSR count). The highest BCUT2D eigenvalue weighted by atomic mass is 16.5. The zero-order chi connectivity index (χ0) is 19.9. The summed E-state index contributed by atoms with van der Waals surface area (Å²) in [5.74, 6) is -2.10. The number of methoxy groups -OCH3 is 1. The lowest BCUT2D eigenvalue weighted by Gasteiger charge is -2.09. The lowest BCUT2D eigenvalue weighted by atomic mass is 10.0. The molecule has 140 valence electrons. The minimum atomic E-state index is -1.46. The summed E-state index contributed by atoms with van der Waals surface area (Å²) in [4.78, 5) is 25.0. The molecule has 0 saturated heterocycles. The molecule has 28 heavy (non-hydrogen) atoms. The molecule has 2 aromatic carbocycles. The zero-order valence-electron chi connectivity index (χ0n) is 15.2. The van der Waals surface area contributed by atoms with Crippen LogP contribution in [0, 0.1) is 17.2 Å². The summed E-state index contributed by atoms with van der Waals surface area (Å²) >= 11 is 0. The summed E-state index contributed by atoms with van der Waals surface area (Å²) in [6, 6.07) is 18.0. The fourth-order valence-corrected chi connectivity index (χ4v) is 2.64. The van der Waals surface area contributed by atoms with Crippen molar-refractivity contribution in [3.05, 3.63) is 78.1 Å². The number of nitrogens with zero attached hydrogens (tertiary/aromatic N) is 3. The average molecular weight is 374 g/mol. The van der Waals surface area contributed by atoms with Crippen LogP contribution in [0.25, 0.3) is 0 Å². The van der Waals surface area contributed by atoms with Crippen LogP contribution in [-0.4, -0.2) is 28.6 Å². The van der Waals surface area contributed by atoms with Gasteiger partial charge in [-0.3, -0.25) is 14.3 Å². The van der Waals surface area contributed by atoms with Crippen LogP contribution in [0.3, 0.4) is 0 Å². The van der Waals surface area contributed by atoms with Gasteiger partial charge in [0, 0.05) is 11.9 Å². The molecule has 1 N–H and O–H groups in total. The van der Waals surface area contributed by atoms with Crippen LogP contribution >= 0.6 is 0 Å². The van der Waals surface area contributed by atoms with Crippen LogP contribution in [0.1, 0.15) is 15.9 Å². The molecule has 7 heteroatoms. The van der Waals surface area contributed by atoms with E-state index >= 15 is 0 Å². The molecule has 1 amide bonds. The van der Waals surface area contributed by atoms with Crippen molar-refractivity contribution in [3.63, 3.8) is 0 Å². The first kappa shape index (κ1) is 18.9. The highest BCUT2D eigenvalue weighted by Gasteiger charge is 2.28. The Morgan fingerprint density at radius 2 is 1.89 bits per heavy atom. The molecule has 0 aliphatic heterocycles. The second kappa shape index (κ2) is 8.64. The summed E-state index contributed by atoms with van der Waals surface area (Å²) in [6.07, 6.45) is 2.91. The Kier molecular flexibility index (Phi) is 5.82. The van der Waals surface area contributed by atoms with Gasteiger partial charge in [-0.05, 0) is 29.8 Å².